The highest BCUT2D eigenvalue weighted by atomic mass is 19.1. The molecule has 1 aromatic heterocycles. The lowest BCUT2D eigenvalue weighted by Gasteiger charge is -2.38. The van der Waals surface area contributed by atoms with Gasteiger partial charge in [-0.05, 0) is 38.1 Å². The number of hydrogen-bond donors (Lipinski definition) is 1. The Morgan fingerprint density at radius 2 is 1.73 bits per heavy atom. The molecule has 2 saturated heterocycles. The van der Waals surface area contributed by atoms with E-state index in [-0.39, 0.29) is 86.2 Å². The van der Waals surface area contributed by atoms with Crippen LogP contribution in [0.1, 0.15) is 31.1 Å². The van der Waals surface area contributed by atoms with Gasteiger partial charge in [0, 0.05) is 45.8 Å². The lowest BCUT2D eigenvalue weighted by Crippen LogP contribution is -2.47. The summed E-state index contributed by atoms with van der Waals surface area (Å²) in [6, 6.07) is 5.29. The third-order valence-electron chi connectivity index (χ3n) is 7.70. The molecule has 0 radical (unpaired) electrons. The summed E-state index contributed by atoms with van der Waals surface area (Å²) >= 11 is 0. The van der Waals surface area contributed by atoms with Crippen LogP contribution in [0.2, 0.25) is 0 Å². The van der Waals surface area contributed by atoms with E-state index in [0.29, 0.717) is 5.69 Å². The molecule has 11 nitrogen and oxygen atoms in total. The number of amides is 2. The smallest absolute Gasteiger partial charge is 0.414 e. The number of benzene rings is 2. The molecule has 0 bridgehead atoms. The van der Waals surface area contributed by atoms with Gasteiger partial charge in [0.1, 0.15) is 29.0 Å². The predicted octanol–water partition coefficient (Wildman–Crippen LogP) is 3.40. The molecule has 234 valence electrons. The van der Waals surface area contributed by atoms with Gasteiger partial charge < -0.3 is 29.2 Å². The van der Waals surface area contributed by atoms with Gasteiger partial charge in [0.05, 0.1) is 42.0 Å². The lowest BCUT2D eigenvalue weighted by atomic mass is 10.1. The third-order valence-corrected chi connectivity index (χ3v) is 7.70. The van der Waals surface area contributed by atoms with Gasteiger partial charge in [-0.2, -0.15) is 0 Å². The zero-order chi connectivity index (χ0) is 31.7. The highest BCUT2D eigenvalue weighted by Gasteiger charge is 2.33. The van der Waals surface area contributed by atoms with Crippen LogP contribution in [0.5, 0.6) is 0 Å². The Labute approximate surface area is 250 Å². The van der Waals surface area contributed by atoms with Crippen molar-refractivity contribution in [1.29, 1.82) is 0 Å². The second-order valence-electron chi connectivity index (χ2n) is 10.5. The van der Waals surface area contributed by atoms with Crippen LogP contribution in [-0.2, 0) is 20.8 Å². The minimum Gasteiger partial charge on any atom is -0.462 e. The van der Waals surface area contributed by atoms with E-state index >= 15 is 13.2 Å². The standard InChI is InChI=1S/C30H32F3N5O6/c1-4-35-16-21(29(41)43-5-2)28(40)20-13-23(32)27(25(33)26(20)35)37-10-8-36(9-11-37)24-7-6-18(12-22(24)31)38-15-19(44-30(38)42)14-34-17(3)39/h6-7,12-13,16,19H,4-5,8-11,14-15H2,1-3H3,(H,34,39)/t19-/m0/s1. The van der Waals surface area contributed by atoms with Crippen molar-refractivity contribution < 1.29 is 37.0 Å². The number of piperazine rings is 1. The van der Waals surface area contributed by atoms with Gasteiger partial charge in [-0.15, -0.1) is 0 Å². The van der Waals surface area contributed by atoms with Crippen molar-refractivity contribution in [3.8, 4) is 0 Å². The van der Waals surface area contributed by atoms with Crippen LogP contribution in [0.4, 0.5) is 35.0 Å². The molecule has 14 heteroatoms. The van der Waals surface area contributed by atoms with E-state index in [9.17, 15) is 19.2 Å². The van der Waals surface area contributed by atoms with Crippen LogP contribution >= 0.6 is 0 Å². The van der Waals surface area contributed by atoms with Crippen molar-refractivity contribution in [2.75, 3.05) is 60.6 Å². The number of nitrogens with zero attached hydrogens (tertiary/aromatic N) is 4. The number of carbonyl (C=O) groups is 3. The van der Waals surface area contributed by atoms with Crippen LogP contribution < -0.4 is 25.4 Å². The SMILES string of the molecule is CCOC(=O)c1cn(CC)c2c(F)c(N3CCN(c4ccc(N5C[C@H](CNC(C)=O)OC5=O)cc4F)CC3)c(F)cc2c1=O. The predicted molar refractivity (Wildman–Crippen MR) is 157 cm³/mol. The summed E-state index contributed by atoms with van der Waals surface area (Å²) in [6.07, 6.45) is 0.0129. The number of rotatable bonds is 8. The summed E-state index contributed by atoms with van der Waals surface area (Å²) < 4.78 is 58.2. The monoisotopic (exact) mass is 615 g/mol. The molecule has 2 aliphatic rings. The molecule has 44 heavy (non-hydrogen) atoms. The number of aromatic nitrogens is 1. The molecule has 3 heterocycles. The summed E-state index contributed by atoms with van der Waals surface area (Å²) in [5, 5.41) is 2.32. The number of nitrogens with one attached hydrogen (secondary N) is 1. The zero-order valence-electron chi connectivity index (χ0n) is 24.5. The number of anilines is 3. The minimum atomic E-state index is -0.950. The number of halogens is 3. The Kier molecular flexibility index (Phi) is 8.70. The van der Waals surface area contributed by atoms with Crippen molar-refractivity contribution in [3.05, 3.63) is 63.7 Å². The van der Waals surface area contributed by atoms with Gasteiger partial charge in [-0.25, -0.2) is 22.8 Å². The van der Waals surface area contributed by atoms with E-state index in [4.69, 9.17) is 9.47 Å². The Morgan fingerprint density at radius 1 is 1.02 bits per heavy atom. The average molecular weight is 616 g/mol. The molecule has 3 aromatic rings. The first-order chi connectivity index (χ1) is 21.0. The number of pyridine rings is 1. The molecule has 2 aromatic carbocycles. The molecular formula is C30H32F3N5O6. The fraction of sp³-hybridized carbons (Fsp3) is 0.400. The molecule has 0 aliphatic carbocycles. The molecule has 0 unspecified atom stereocenters. The summed E-state index contributed by atoms with van der Waals surface area (Å²) in [6.45, 7) is 5.97. The summed E-state index contributed by atoms with van der Waals surface area (Å²) in [5.41, 5.74) is -0.983. The molecule has 0 saturated carbocycles. The summed E-state index contributed by atoms with van der Waals surface area (Å²) in [7, 11) is 0. The number of ether oxygens (including phenoxy) is 2. The van der Waals surface area contributed by atoms with Crippen LogP contribution in [0.25, 0.3) is 10.9 Å². The Hall–Kier alpha value is -4.75. The Bertz CT molecular complexity index is 1690. The van der Waals surface area contributed by atoms with Gasteiger partial charge in [-0.3, -0.25) is 14.5 Å². The molecule has 2 fully saturated rings. The van der Waals surface area contributed by atoms with Gasteiger partial charge in [-0.1, -0.05) is 0 Å². The van der Waals surface area contributed by atoms with Crippen molar-refractivity contribution in [1.82, 2.24) is 9.88 Å². The van der Waals surface area contributed by atoms with Gasteiger partial charge >= 0.3 is 12.1 Å². The topological polar surface area (TPSA) is 113 Å². The summed E-state index contributed by atoms with van der Waals surface area (Å²) in [4.78, 5) is 53.3. The molecule has 2 aliphatic heterocycles. The van der Waals surface area contributed by atoms with Crippen LogP contribution in [0.3, 0.4) is 0 Å². The van der Waals surface area contributed by atoms with Crippen molar-refractivity contribution in [2.45, 2.75) is 33.4 Å². The first kappa shape index (κ1) is 30.7. The first-order valence-corrected chi connectivity index (χ1v) is 14.3. The van der Waals surface area contributed by atoms with E-state index in [0.717, 1.165) is 6.07 Å². The largest absolute Gasteiger partial charge is 0.462 e. The quantitative estimate of drug-likeness (QED) is 0.384. The second-order valence-corrected chi connectivity index (χ2v) is 10.5. The van der Waals surface area contributed by atoms with E-state index in [1.54, 1.807) is 24.8 Å². The van der Waals surface area contributed by atoms with E-state index < -0.39 is 41.0 Å². The number of fused-ring (bicyclic) bond motifs is 1. The second kappa shape index (κ2) is 12.5. The first-order valence-electron chi connectivity index (χ1n) is 14.3. The maximum absolute atomic E-state index is 16.0. The van der Waals surface area contributed by atoms with Crippen LogP contribution in [0, 0.1) is 17.5 Å². The highest BCUT2D eigenvalue weighted by Crippen LogP contribution is 2.33. The van der Waals surface area contributed by atoms with Crippen molar-refractivity contribution >= 4 is 45.9 Å². The fourth-order valence-corrected chi connectivity index (χ4v) is 5.56. The van der Waals surface area contributed by atoms with Gasteiger partial charge in [0.2, 0.25) is 11.3 Å². The van der Waals surface area contributed by atoms with E-state index in [2.05, 4.69) is 5.32 Å². The molecule has 0 spiro atoms. The maximum Gasteiger partial charge on any atom is 0.414 e. The molecule has 2 amide bonds. The highest BCUT2D eigenvalue weighted by molar-refractivity contribution is 5.95. The Balaban J connectivity index is 1.34. The average Bonchev–Trinajstić information content (AvgIpc) is 3.37. The number of aryl methyl sites for hydroxylation is 1. The van der Waals surface area contributed by atoms with Crippen LogP contribution in [-0.4, -0.2) is 74.5 Å². The molecule has 1 N–H and O–H groups in total. The number of cyclic esters (lactones) is 1. The third kappa shape index (κ3) is 5.75. The van der Waals surface area contributed by atoms with E-state index in [1.165, 1.54) is 39.6 Å². The van der Waals surface area contributed by atoms with Gasteiger partial charge in [0.15, 0.2) is 5.82 Å². The van der Waals surface area contributed by atoms with Gasteiger partial charge in [0.25, 0.3) is 0 Å². The van der Waals surface area contributed by atoms with E-state index in [1.807, 2.05) is 0 Å². The minimum absolute atomic E-state index is 0.0404. The van der Waals surface area contributed by atoms with Crippen LogP contribution in [0.15, 0.2) is 35.3 Å². The normalized spacial score (nSPS) is 16.8. The number of hydrogen-bond acceptors (Lipinski definition) is 8. The number of carbonyl (C=O) groups excluding carboxylic acids is 3. The lowest BCUT2D eigenvalue weighted by molar-refractivity contribution is -0.119. The molecule has 1 atom stereocenters. The summed E-state index contributed by atoms with van der Waals surface area (Å²) in [5.74, 6) is -3.58. The molecular weight excluding hydrogens is 583 g/mol. The fourth-order valence-electron chi connectivity index (χ4n) is 5.56. The molecule has 5 rings (SSSR count). The van der Waals surface area contributed by atoms with Crippen molar-refractivity contribution in [3.63, 3.8) is 0 Å². The number of esters is 1. The maximum atomic E-state index is 16.0. The van der Waals surface area contributed by atoms with Crippen molar-refractivity contribution in [2.24, 2.45) is 0 Å². The zero-order valence-corrected chi connectivity index (χ0v) is 24.5. The Morgan fingerprint density at radius 3 is 2.36 bits per heavy atom.